The van der Waals surface area contributed by atoms with E-state index in [2.05, 4.69) is 10.3 Å². The molecule has 0 aliphatic carbocycles. The Kier molecular flexibility index (Phi) is 4.08. The first-order valence-electron chi connectivity index (χ1n) is 4.95. The van der Waals surface area contributed by atoms with E-state index in [4.69, 9.17) is 11.6 Å². The molecule has 1 unspecified atom stereocenters. The second kappa shape index (κ2) is 4.92. The first kappa shape index (κ1) is 12.4. The number of pyridine rings is 1. The van der Waals surface area contributed by atoms with Gasteiger partial charge in [0.15, 0.2) is 0 Å². The van der Waals surface area contributed by atoms with Gasteiger partial charge in [-0.2, -0.15) is 0 Å². The average Bonchev–Trinajstić information content (AvgIpc) is 2.17. The molecule has 0 bridgehead atoms. The average molecular weight is 229 g/mol. The standard InChI is InChI=1S/C11H17ClN2O/c1-8(15)11(2,3)14-7-9-4-5-10(12)13-6-9/h4-6,8,14-15H,7H2,1-3H3. The van der Waals surface area contributed by atoms with Crippen LogP contribution in [0.4, 0.5) is 0 Å². The zero-order chi connectivity index (χ0) is 11.5. The molecule has 0 radical (unpaired) electrons. The second-order valence-electron chi connectivity index (χ2n) is 4.24. The van der Waals surface area contributed by atoms with Crippen LogP contribution in [0.25, 0.3) is 0 Å². The zero-order valence-corrected chi connectivity index (χ0v) is 10.0. The topological polar surface area (TPSA) is 45.1 Å². The highest BCUT2D eigenvalue weighted by molar-refractivity contribution is 6.29. The van der Waals surface area contributed by atoms with Crippen LogP contribution < -0.4 is 5.32 Å². The lowest BCUT2D eigenvalue weighted by molar-refractivity contribution is 0.0956. The summed E-state index contributed by atoms with van der Waals surface area (Å²) in [6.07, 6.45) is 1.32. The van der Waals surface area contributed by atoms with Gasteiger partial charge in [0.05, 0.1) is 6.10 Å². The summed E-state index contributed by atoms with van der Waals surface area (Å²) in [6.45, 7) is 6.36. The van der Waals surface area contributed by atoms with Gasteiger partial charge >= 0.3 is 0 Å². The lowest BCUT2D eigenvalue weighted by atomic mass is 9.98. The Morgan fingerprint density at radius 1 is 1.53 bits per heavy atom. The molecule has 2 N–H and O–H groups in total. The van der Waals surface area contributed by atoms with Crippen LogP contribution in [-0.2, 0) is 6.54 Å². The Labute approximate surface area is 95.5 Å². The molecular weight excluding hydrogens is 212 g/mol. The third-order valence-electron chi connectivity index (χ3n) is 2.58. The number of nitrogens with zero attached hydrogens (tertiary/aromatic N) is 1. The first-order chi connectivity index (χ1) is 6.92. The van der Waals surface area contributed by atoms with Crippen LogP contribution >= 0.6 is 11.6 Å². The van der Waals surface area contributed by atoms with Crippen molar-refractivity contribution in [1.82, 2.24) is 10.3 Å². The fourth-order valence-corrected chi connectivity index (χ4v) is 1.10. The quantitative estimate of drug-likeness (QED) is 0.775. The maximum Gasteiger partial charge on any atom is 0.129 e. The first-order valence-corrected chi connectivity index (χ1v) is 5.33. The zero-order valence-electron chi connectivity index (χ0n) is 9.29. The molecule has 0 amide bonds. The maximum atomic E-state index is 9.50. The molecule has 0 fully saturated rings. The van der Waals surface area contributed by atoms with Gasteiger partial charge in [-0.05, 0) is 32.4 Å². The lowest BCUT2D eigenvalue weighted by Gasteiger charge is -2.29. The van der Waals surface area contributed by atoms with E-state index >= 15 is 0 Å². The van der Waals surface area contributed by atoms with Crippen LogP contribution in [0.1, 0.15) is 26.3 Å². The lowest BCUT2D eigenvalue weighted by Crippen LogP contribution is -2.47. The van der Waals surface area contributed by atoms with Gasteiger partial charge in [-0.3, -0.25) is 0 Å². The minimum absolute atomic E-state index is 0.306. The molecule has 15 heavy (non-hydrogen) atoms. The molecule has 0 saturated heterocycles. The molecule has 1 aromatic rings. The van der Waals surface area contributed by atoms with Crippen molar-refractivity contribution < 1.29 is 5.11 Å². The molecule has 0 aliphatic rings. The normalized spacial score (nSPS) is 13.9. The molecule has 0 aromatic carbocycles. The number of rotatable bonds is 4. The van der Waals surface area contributed by atoms with E-state index in [1.54, 1.807) is 19.2 Å². The van der Waals surface area contributed by atoms with Gasteiger partial charge in [-0.1, -0.05) is 17.7 Å². The van der Waals surface area contributed by atoms with E-state index in [-0.39, 0.29) is 5.54 Å². The summed E-state index contributed by atoms with van der Waals surface area (Å²) in [7, 11) is 0. The minimum Gasteiger partial charge on any atom is -0.392 e. The van der Waals surface area contributed by atoms with Crippen molar-refractivity contribution in [2.24, 2.45) is 0 Å². The van der Waals surface area contributed by atoms with Gasteiger partial charge in [-0.25, -0.2) is 4.98 Å². The van der Waals surface area contributed by atoms with Crippen LogP contribution in [0.5, 0.6) is 0 Å². The number of aromatic nitrogens is 1. The number of hydrogen-bond acceptors (Lipinski definition) is 3. The predicted octanol–water partition coefficient (Wildman–Crippen LogP) is 1.98. The van der Waals surface area contributed by atoms with E-state index in [1.807, 2.05) is 19.9 Å². The number of aliphatic hydroxyl groups is 1. The van der Waals surface area contributed by atoms with Crippen molar-refractivity contribution in [2.45, 2.75) is 39.0 Å². The van der Waals surface area contributed by atoms with E-state index in [9.17, 15) is 5.11 Å². The minimum atomic E-state index is -0.405. The molecule has 1 rings (SSSR count). The van der Waals surface area contributed by atoms with Gasteiger partial charge in [0, 0.05) is 18.3 Å². The summed E-state index contributed by atoms with van der Waals surface area (Å²) >= 11 is 5.68. The molecule has 0 aliphatic heterocycles. The molecular formula is C11H17ClN2O. The predicted molar refractivity (Wildman–Crippen MR) is 61.8 cm³/mol. The van der Waals surface area contributed by atoms with Crippen LogP contribution in [0, 0.1) is 0 Å². The third kappa shape index (κ3) is 3.78. The van der Waals surface area contributed by atoms with Gasteiger partial charge in [0.1, 0.15) is 5.15 Å². The highest BCUT2D eigenvalue weighted by atomic mass is 35.5. The number of hydrogen-bond donors (Lipinski definition) is 2. The molecule has 84 valence electrons. The largest absolute Gasteiger partial charge is 0.392 e. The summed E-state index contributed by atoms with van der Waals surface area (Å²) < 4.78 is 0. The van der Waals surface area contributed by atoms with E-state index in [0.717, 1.165) is 5.56 Å². The summed E-state index contributed by atoms with van der Waals surface area (Å²) in [6, 6.07) is 3.67. The van der Waals surface area contributed by atoms with E-state index in [1.165, 1.54) is 0 Å². The Bertz CT molecular complexity index is 309. The van der Waals surface area contributed by atoms with Crippen molar-refractivity contribution in [3.8, 4) is 0 Å². The van der Waals surface area contributed by atoms with Gasteiger partial charge in [0.2, 0.25) is 0 Å². The summed E-state index contributed by atoms with van der Waals surface area (Å²) in [4.78, 5) is 3.99. The SMILES string of the molecule is CC(O)C(C)(C)NCc1ccc(Cl)nc1. The molecule has 1 atom stereocenters. The van der Waals surface area contributed by atoms with Gasteiger partial charge in [-0.15, -0.1) is 0 Å². The van der Waals surface area contributed by atoms with Crippen LogP contribution in [0.15, 0.2) is 18.3 Å². The van der Waals surface area contributed by atoms with E-state index in [0.29, 0.717) is 11.7 Å². The number of halogens is 1. The Morgan fingerprint density at radius 2 is 2.20 bits per heavy atom. The Morgan fingerprint density at radius 3 is 2.67 bits per heavy atom. The maximum absolute atomic E-state index is 9.50. The molecule has 3 nitrogen and oxygen atoms in total. The molecule has 4 heteroatoms. The highest BCUT2D eigenvalue weighted by Gasteiger charge is 2.22. The number of aliphatic hydroxyl groups excluding tert-OH is 1. The summed E-state index contributed by atoms with van der Waals surface area (Å²) in [5.74, 6) is 0. The van der Waals surface area contributed by atoms with Crippen molar-refractivity contribution in [3.05, 3.63) is 29.0 Å². The second-order valence-corrected chi connectivity index (χ2v) is 4.63. The van der Waals surface area contributed by atoms with Crippen molar-refractivity contribution in [1.29, 1.82) is 0 Å². The van der Waals surface area contributed by atoms with Crippen LogP contribution in [0.3, 0.4) is 0 Å². The van der Waals surface area contributed by atoms with Gasteiger partial charge < -0.3 is 10.4 Å². The fourth-order valence-electron chi connectivity index (χ4n) is 0.989. The van der Waals surface area contributed by atoms with Crippen molar-refractivity contribution in [2.75, 3.05) is 0 Å². The Hall–Kier alpha value is -0.640. The fraction of sp³-hybridized carbons (Fsp3) is 0.545. The smallest absolute Gasteiger partial charge is 0.129 e. The van der Waals surface area contributed by atoms with Crippen LogP contribution in [-0.4, -0.2) is 21.7 Å². The van der Waals surface area contributed by atoms with Crippen molar-refractivity contribution >= 4 is 11.6 Å². The van der Waals surface area contributed by atoms with Crippen LogP contribution in [0.2, 0.25) is 5.15 Å². The van der Waals surface area contributed by atoms with Crippen molar-refractivity contribution in [3.63, 3.8) is 0 Å². The monoisotopic (exact) mass is 228 g/mol. The molecule has 0 spiro atoms. The highest BCUT2D eigenvalue weighted by Crippen LogP contribution is 2.11. The van der Waals surface area contributed by atoms with Gasteiger partial charge in [0.25, 0.3) is 0 Å². The third-order valence-corrected chi connectivity index (χ3v) is 2.80. The summed E-state index contributed by atoms with van der Waals surface area (Å²) in [5, 5.41) is 13.3. The molecule has 0 saturated carbocycles. The molecule has 1 heterocycles. The Balaban J connectivity index is 2.54. The van der Waals surface area contributed by atoms with E-state index < -0.39 is 6.10 Å². The molecule has 1 aromatic heterocycles. The summed E-state index contributed by atoms with van der Waals surface area (Å²) in [5.41, 5.74) is 0.743. The number of nitrogens with one attached hydrogen (secondary N) is 1.